The minimum absolute atomic E-state index is 0.00394. The van der Waals surface area contributed by atoms with Crippen molar-refractivity contribution in [3.63, 3.8) is 0 Å². The summed E-state index contributed by atoms with van der Waals surface area (Å²) in [6, 6.07) is 5.92. The molecule has 1 rings (SSSR count). The summed E-state index contributed by atoms with van der Waals surface area (Å²) >= 11 is 0. The molecule has 0 aromatic heterocycles. The second-order valence-electron chi connectivity index (χ2n) is 3.42. The molecule has 0 saturated heterocycles. The average molecular weight is 228 g/mol. The number of carbonyl (C=O) groups is 1. The second kappa shape index (κ2) is 4.43. The van der Waals surface area contributed by atoms with Gasteiger partial charge in [-0.15, -0.1) is 0 Å². The van der Waals surface area contributed by atoms with Gasteiger partial charge in [0.05, 0.1) is 0 Å². The van der Waals surface area contributed by atoms with Crippen LogP contribution in [0, 0.1) is 0 Å². The molecule has 6 heteroatoms. The molecule has 0 amide bonds. The maximum atomic E-state index is 11.3. The van der Waals surface area contributed by atoms with Gasteiger partial charge >= 0.3 is 14.5 Å². The molecule has 0 unspecified atom stereocenters. The SMILES string of the molecule is C[Si](C)(O)OOC(=O)c1ccccc1O. The highest BCUT2D eigenvalue weighted by Gasteiger charge is 2.24. The first-order chi connectivity index (χ1) is 6.90. The highest BCUT2D eigenvalue weighted by Crippen LogP contribution is 2.17. The smallest absolute Gasteiger partial charge is 0.382 e. The second-order valence-corrected chi connectivity index (χ2v) is 6.48. The normalized spacial score (nSPS) is 11.1. The largest absolute Gasteiger partial charge is 0.507 e. The summed E-state index contributed by atoms with van der Waals surface area (Å²) in [5.74, 6) is -1.02. The number of para-hydroxylation sites is 1. The van der Waals surface area contributed by atoms with E-state index in [2.05, 4.69) is 9.46 Å². The highest BCUT2D eigenvalue weighted by molar-refractivity contribution is 6.62. The van der Waals surface area contributed by atoms with E-state index >= 15 is 0 Å². The fourth-order valence-corrected chi connectivity index (χ4v) is 1.11. The Kier molecular flexibility index (Phi) is 3.46. The molecule has 2 N–H and O–H groups in total. The predicted molar refractivity (Wildman–Crippen MR) is 54.3 cm³/mol. The van der Waals surface area contributed by atoms with E-state index in [0.29, 0.717) is 0 Å². The molecule has 0 radical (unpaired) electrons. The van der Waals surface area contributed by atoms with E-state index in [1.165, 1.54) is 25.2 Å². The van der Waals surface area contributed by atoms with Crippen LogP contribution >= 0.6 is 0 Å². The number of hydrogen-bond acceptors (Lipinski definition) is 5. The summed E-state index contributed by atoms with van der Waals surface area (Å²) in [5.41, 5.74) is -0.00394. The van der Waals surface area contributed by atoms with Crippen molar-refractivity contribution >= 4 is 14.5 Å². The minimum atomic E-state index is -2.89. The van der Waals surface area contributed by atoms with Crippen molar-refractivity contribution in [3.05, 3.63) is 29.8 Å². The molecule has 0 saturated carbocycles. The number of carbonyl (C=O) groups excluding carboxylic acids is 1. The van der Waals surface area contributed by atoms with E-state index < -0.39 is 14.5 Å². The van der Waals surface area contributed by atoms with Crippen LogP contribution in [0.5, 0.6) is 5.75 Å². The Labute approximate surface area is 88.1 Å². The van der Waals surface area contributed by atoms with E-state index in [1.54, 1.807) is 12.1 Å². The van der Waals surface area contributed by atoms with Crippen LogP contribution in [0.15, 0.2) is 24.3 Å². The molecule has 0 aliphatic heterocycles. The fraction of sp³-hybridized carbons (Fsp3) is 0.222. The maximum absolute atomic E-state index is 11.3. The van der Waals surface area contributed by atoms with E-state index in [-0.39, 0.29) is 11.3 Å². The van der Waals surface area contributed by atoms with Crippen LogP contribution in [-0.2, 0) is 9.46 Å². The number of aromatic hydroxyl groups is 1. The van der Waals surface area contributed by atoms with Crippen LogP contribution in [0.4, 0.5) is 0 Å². The van der Waals surface area contributed by atoms with E-state index in [9.17, 15) is 14.7 Å². The Balaban J connectivity index is 2.66. The first-order valence-electron chi connectivity index (χ1n) is 4.30. The minimum Gasteiger partial charge on any atom is -0.507 e. The summed E-state index contributed by atoms with van der Waals surface area (Å²) in [6.07, 6.45) is 0. The molecule has 0 aliphatic carbocycles. The number of hydrogen-bond donors (Lipinski definition) is 2. The van der Waals surface area contributed by atoms with E-state index in [1.807, 2.05) is 0 Å². The Morgan fingerprint density at radius 2 is 1.93 bits per heavy atom. The Morgan fingerprint density at radius 1 is 1.33 bits per heavy atom. The summed E-state index contributed by atoms with van der Waals surface area (Å²) < 4.78 is 4.53. The molecule has 0 heterocycles. The summed E-state index contributed by atoms with van der Waals surface area (Å²) in [7, 11) is -2.89. The van der Waals surface area contributed by atoms with E-state index in [4.69, 9.17) is 0 Å². The Hall–Kier alpha value is -1.37. The maximum Gasteiger partial charge on any atom is 0.382 e. The lowest BCUT2D eigenvalue weighted by molar-refractivity contribution is -0.172. The number of phenols is 1. The zero-order valence-electron chi connectivity index (χ0n) is 8.43. The van der Waals surface area contributed by atoms with Gasteiger partial charge in [-0.05, 0) is 25.2 Å². The van der Waals surface area contributed by atoms with Gasteiger partial charge in [0.15, 0.2) is 0 Å². The van der Waals surface area contributed by atoms with Gasteiger partial charge in [0.25, 0.3) is 0 Å². The lowest BCUT2D eigenvalue weighted by Crippen LogP contribution is -2.31. The molecule has 82 valence electrons. The van der Waals surface area contributed by atoms with Gasteiger partial charge in [0.1, 0.15) is 11.3 Å². The standard InChI is InChI=1S/C9H12O5Si/c1-15(2,12)14-13-9(11)7-5-3-4-6-8(7)10/h3-6,10,12H,1-2H3. The Morgan fingerprint density at radius 3 is 2.47 bits per heavy atom. The van der Waals surface area contributed by atoms with Crippen LogP contribution in [-0.4, -0.2) is 24.4 Å². The van der Waals surface area contributed by atoms with Gasteiger partial charge < -0.3 is 14.8 Å². The van der Waals surface area contributed by atoms with Crippen molar-refractivity contribution in [1.82, 2.24) is 0 Å². The third-order valence-corrected chi connectivity index (χ3v) is 1.94. The van der Waals surface area contributed by atoms with Crippen molar-refractivity contribution in [3.8, 4) is 5.75 Å². The molecule has 0 spiro atoms. The molecule has 0 atom stereocenters. The monoisotopic (exact) mass is 228 g/mol. The van der Waals surface area contributed by atoms with Gasteiger partial charge in [-0.25, -0.2) is 9.37 Å². The van der Waals surface area contributed by atoms with Crippen molar-refractivity contribution in [1.29, 1.82) is 0 Å². The predicted octanol–water partition coefficient (Wildman–Crippen LogP) is 1.17. The first kappa shape index (κ1) is 11.7. The lowest BCUT2D eigenvalue weighted by Gasteiger charge is -2.12. The van der Waals surface area contributed by atoms with Crippen molar-refractivity contribution in [2.45, 2.75) is 13.1 Å². The van der Waals surface area contributed by atoms with Gasteiger partial charge in [-0.2, -0.15) is 0 Å². The summed E-state index contributed by atoms with van der Waals surface area (Å²) in [5, 5.41) is 9.30. The van der Waals surface area contributed by atoms with Crippen LogP contribution in [0.25, 0.3) is 0 Å². The van der Waals surface area contributed by atoms with Crippen molar-refractivity contribution < 1.29 is 24.2 Å². The molecule has 0 fully saturated rings. The number of phenolic OH excluding ortho intramolecular Hbond substituents is 1. The van der Waals surface area contributed by atoms with Crippen LogP contribution in [0.3, 0.4) is 0 Å². The van der Waals surface area contributed by atoms with Crippen LogP contribution in [0.2, 0.25) is 13.1 Å². The lowest BCUT2D eigenvalue weighted by atomic mass is 10.2. The van der Waals surface area contributed by atoms with E-state index in [0.717, 1.165) is 0 Å². The molecule has 1 aromatic rings. The topological polar surface area (TPSA) is 76.0 Å². The molecular formula is C9H12O5Si. The molecule has 5 nitrogen and oxygen atoms in total. The Bertz CT molecular complexity index is 358. The van der Waals surface area contributed by atoms with Crippen molar-refractivity contribution in [2.75, 3.05) is 0 Å². The third-order valence-electron chi connectivity index (χ3n) is 1.45. The van der Waals surface area contributed by atoms with Gasteiger partial charge in [0.2, 0.25) is 0 Å². The molecular weight excluding hydrogens is 216 g/mol. The van der Waals surface area contributed by atoms with Gasteiger partial charge in [0, 0.05) is 0 Å². The fourth-order valence-electron chi connectivity index (χ4n) is 0.831. The molecule has 0 aliphatic rings. The number of benzene rings is 1. The van der Waals surface area contributed by atoms with Crippen LogP contribution < -0.4 is 0 Å². The summed E-state index contributed by atoms with van der Waals surface area (Å²) in [6.45, 7) is 2.90. The van der Waals surface area contributed by atoms with Gasteiger partial charge in [-0.1, -0.05) is 12.1 Å². The van der Waals surface area contributed by atoms with Gasteiger partial charge in [-0.3, -0.25) is 0 Å². The zero-order valence-corrected chi connectivity index (χ0v) is 9.43. The highest BCUT2D eigenvalue weighted by atomic mass is 28.4. The summed E-state index contributed by atoms with van der Waals surface area (Å²) in [4.78, 5) is 25.0. The van der Waals surface area contributed by atoms with Crippen molar-refractivity contribution in [2.24, 2.45) is 0 Å². The molecule has 1 aromatic carbocycles. The zero-order chi connectivity index (χ0) is 11.5. The molecule has 0 bridgehead atoms. The molecule has 15 heavy (non-hydrogen) atoms. The number of rotatable bonds is 3. The first-order valence-corrected chi connectivity index (χ1v) is 7.16. The third kappa shape index (κ3) is 3.70. The quantitative estimate of drug-likeness (QED) is 0.461. The average Bonchev–Trinajstić information content (AvgIpc) is 2.14. The van der Waals surface area contributed by atoms with Crippen LogP contribution in [0.1, 0.15) is 10.4 Å².